The number of hydrogen-bond acceptors (Lipinski definition) is 3. The standard InChI is InChI=1S/C8H16N2O/c9-11-6-8-4-7-2-1-3-10(8)5-7/h7-8H,1-6,9H2. The van der Waals surface area contributed by atoms with E-state index in [1.54, 1.807) is 0 Å². The Morgan fingerprint density at radius 3 is 3.18 bits per heavy atom. The van der Waals surface area contributed by atoms with Gasteiger partial charge in [-0.1, -0.05) is 0 Å². The molecule has 2 N–H and O–H groups in total. The smallest absolute Gasteiger partial charge is 0.0834 e. The first kappa shape index (κ1) is 7.53. The van der Waals surface area contributed by atoms with Crippen molar-refractivity contribution < 1.29 is 4.84 Å². The maximum atomic E-state index is 5.06. The Balaban J connectivity index is 1.92. The van der Waals surface area contributed by atoms with Crippen molar-refractivity contribution in [3.8, 4) is 0 Å². The van der Waals surface area contributed by atoms with Gasteiger partial charge in [-0.2, -0.15) is 0 Å². The van der Waals surface area contributed by atoms with Gasteiger partial charge >= 0.3 is 0 Å². The second-order valence-electron chi connectivity index (χ2n) is 3.73. The Morgan fingerprint density at radius 2 is 2.45 bits per heavy atom. The maximum absolute atomic E-state index is 5.06. The Morgan fingerprint density at radius 1 is 1.55 bits per heavy atom. The highest BCUT2D eigenvalue weighted by atomic mass is 16.6. The van der Waals surface area contributed by atoms with E-state index in [1.807, 2.05) is 0 Å². The lowest BCUT2D eigenvalue weighted by molar-refractivity contribution is 0.0769. The maximum Gasteiger partial charge on any atom is 0.0834 e. The summed E-state index contributed by atoms with van der Waals surface area (Å²) < 4.78 is 0. The van der Waals surface area contributed by atoms with E-state index in [9.17, 15) is 0 Å². The van der Waals surface area contributed by atoms with Gasteiger partial charge in [0.15, 0.2) is 0 Å². The second kappa shape index (κ2) is 3.09. The van der Waals surface area contributed by atoms with Crippen LogP contribution in [0, 0.1) is 5.92 Å². The zero-order valence-corrected chi connectivity index (χ0v) is 6.83. The van der Waals surface area contributed by atoms with Gasteiger partial charge in [0.25, 0.3) is 0 Å². The van der Waals surface area contributed by atoms with Gasteiger partial charge in [-0.25, -0.2) is 5.90 Å². The molecule has 2 bridgehead atoms. The van der Waals surface area contributed by atoms with Crippen LogP contribution in [0.5, 0.6) is 0 Å². The third-order valence-electron chi connectivity index (χ3n) is 2.96. The average molecular weight is 156 g/mol. The minimum Gasteiger partial charge on any atom is -0.303 e. The quantitative estimate of drug-likeness (QED) is 0.587. The van der Waals surface area contributed by atoms with E-state index < -0.39 is 0 Å². The molecule has 2 heterocycles. The molecular formula is C8H16N2O. The molecule has 2 rings (SSSR count). The van der Waals surface area contributed by atoms with Crippen molar-refractivity contribution in [3.63, 3.8) is 0 Å². The Bertz CT molecular complexity index is 140. The number of fused-ring (bicyclic) bond motifs is 2. The summed E-state index contributed by atoms with van der Waals surface area (Å²) >= 11 is 0. The highest BCUT2D eigenvalue weighted by molar-refractivity contribution is 4.88. The molecule has 0 radical (unpaired) electrons. The number of nitrogens with two attached hydrogens (primary N) is 1. The Labute approximate surface area is 67.4 Å². The third-order valence-corrected chi connectivity index (χ3v) is 2.96. The molecule has 3 heteroatoms. The van der Waals surface area contributed by atoms with Crippen LogP contribution in [0.2, 0.25) is 0 Å². The molecule has 0 aliphatic carbocycles. The predicted octanol–water partition coefficient (Wildman–Crippen LogP) is 0.361. The van der Waals surface area contributed by atoms with Crippen LogP contribution in [0.1, 0.15) is 19.3 Å². The molecule has 0 saturated carbocycles. The van der Waals surface area contributed by atoms with Crippen LogP contribution in [-0.4, -0.2) is 30.6 Å². The summed E-state index contributed by atoms with van der Waals surface area (Å²) in [6, 6.07) is 0.618. The lowest BCUT2D eigenvalue weighted by atomic mass is 10.00. The Kier molecular flexibility index (Phi) is 2.11. The van der Waals surface area contributed by atoms with Crippen molar-refractivity contribution in [1.29, 1.82) is 0 Å². The van der Waals surface area contributed by atoms with Crippen LogP contribution in [-0.2, 0) is 4.84 Å². The lowest BCUT2D eigenvalue weighted by Gasteiger charge is -2.25. The van der Waals surface area contributed by atoms with Crippen molar-refractivity contribution in [2.24, 2.45) is 11.8 Å². The van der Waals surface area contributed by atoms with E-state index in [-0.39, 0.29) is 0 Å². The van der Waals surface area contributed by atoms with E-state index in [0.717, 1.165) is 12.5 Å². The molecule has 0 spiro atoms. The molecule has 0 aromatic carbocycles. The highest BCUT2D eigenvalue weighted by Crippen LogP contribution is 2.31. The molecule has 2 saturated heterocycles. The van der Waals surface area contributed by atoms with E-state index in [4.69, 9.17) is 10.7 Å². The molecule has 2 aliphatic rings. The SMILES string of the molecule is NOCC1CC2CCCN1C2. The van der Waals surface area contributed by atoms with Gasteiger partial charge in [-0.05, 0) is 31.7 Å². The molecular weight excluding hydrogens is 140 g/mol. The van der Waals surface area contributed by atoms with Crippen molar-refractivity contribution in [3.05, 3.63) is 0 Å². The van der Waals surface area contributed by atoms with Crippen LogP contribution in [0.4, 0.5) is 0 Å². The number of piperidine rings is 1. The van der Waals surface area contributed by atoms with E-state index >= 15 is 0 Å². The third kappa shape index (κ3) is 1.41. The van der Waals surface area contributed by atoms with Crippen LogP contribution < -0.4 is 5.90 Å². The predicted molar refractivity (Wildman–Crippen MR) is 42.8 cm³/mol. The second-order valence-corrected chi connectivity index (χ2v) is 3.73. The molecule has 64 valence electrons. The summed E-state index contributed by atoms with van der Waals surface area (Å²) in [7, 11) is 0. The summed E-state index contributed by atoms with van der Waals surface area (Å²) in [5, 5.41) is 0. The summed E-state index contributed by atoms with van der Waals surface area (Å²) in [4.78, 5) is 7.21. The van der Waals surface area contributed by atoms with Gasteiger partial charge in [-0.15, -0.1) is 0 Å². The summed E-state index contributed by atoms with van der Waals surface area (Å²) in [6.45, 7) is 3.26. The fourth-order valence-corrected chi connectivity index (χ4v) is 2.44. The molecule has 2 fully saturated rings. The van der Waals surface area contributed by atoms with Crippen molar-refractivity contribution in [1.82, 2.24) is 4.90 Å². The minimum atomic E-state index is 0.618. The van der Waals surface area contributed by atoms with E-state index in [2.05, 4.69) is 4.90 Å². The molecule has 11 heavy (non-hydrogen) atoms. The zero-order chi connectivity index (χ0) is 7.68. The molecule has 0 amide bonds. The molecule has 2 aliphatic heterocycles. The first-order valence-electron chi connectivity index (χ1n) is 4.46. The number of rotatable bonds is 2. The average Bonchev–Trinajstić information content (AvgIpc) is 2.29. The first-order valence-corrected chi connectivity index (χ1v) is 4.46. The van der Waals surface area contributed by atoms with E-state index in [0.29, 0.717) is 6.04 Å². The number of hydrogen-bond donors (Lipinski definition) is 1. The largest absolute Gasteiger partial charge is 0.303 e. The molecule has 3 nitrogen and oxygen atoms in total. The zero-order valence-electron chi connectivity index (χ0n) is 6.83. The van der Waals surface area contributed by atoms with Gasteiger partial charge in [0, 0.05) is 12.6 Å². The lowest BCUT2D eigenvalue weighted by Crippen LogP contribution is -2.35. The van der Waals surface area contributed by atoms with Crippen molar-refractivity contribution in [2.45, 2.75) is 25.3 Å². The monoisotopic (exact) mass is 156 g/mol. The minimum absolute atomic E-state index is 0.618. The first-order chi connectivity index (χ1) is 5.40. The van der Waals surface area contributed by atoms with Gasteiger partial charge in [0.1, 0.15) is 0 Å². The summed E-state index contributed by atoms with van der Waals surface area (Å²) in [5.41, 5.74) is 0. The molecule has 0 aromatic heterocycles. The molecule has 0 aromatic rings. The molecule has 3 atom stereocenters. The van der Waals surface area contributed by atoms with Crippen molar-refractivity contribution >= 4 is 0 Å². The van der Waals surface area contributed by atoms with Crippen LogP contribution >= 0.6 is 0 Å². The Hall–Kier alpha value is -0.120. The van der Waals surface area contributed by atoms with Gasteiger partial charge in [-0.3, -0.25) is 4.90 Å². The number of nitrogens with zero attached hydrogens (tertiary/aromatic N) is 1. The normalized spacial score (nSPS) is 42.8. The van der Waals surface area contributed by atoms with E-state index in [1.165, 1.54) is 32.4 Å². The van der Waals surface area contributed by atoms with Crippen LogP contribution in [0.3, 0.4) is 0 Å². The van der Waals surface area contributed by atoms with Gasteiger partial charge in [0.2, 0.25) is 0 Å². The molecule has 3 unspecified atom stereocenters. The van der Waals surface area contributed by atoms with Crippen LogP contribution in [0.25, 0.3) is 0 Å². The van der Waals surface area contributed by atoms with Gasteiger partial charge in [0.05, 0.1) is 6.61 Å². The highest BCUT2D eigenvalue weighted by Gasteiger charge is 2.34. The van der Waals surface area contributed by atoms with Gasteiger partial charge < -0.3 is 4.84 Å². The fraction of sp³-hybridized carbons (Fsp3) is 1.00. The van der Waals surface area contributed by atoms with Crippen LogP contribution in [0.15, 0.2) is 0 Å². The summed E-state index contributed by atoms with van der Waals surface area (Å²) in [5.74, 6) is 6.00. The summed E-state index contributed by atoms with van der Waals surface area (Å²) in [6.07, 6.45) is 4.08. The topological polar surface area (TPSA) is 38.5 Å². The van der Waals surface area contributed by atoms with Crippen molar-refractivity contribution in [2.75, 3.05) is 19.7 Å². The fourth-order valence-electron chi connectivity index (χ4n) is 2.44.